The number of nitrogens with one attached hydrogen (secondary N) is 1. The predicted octanol–water partition coefficient (Wildman–Crippen LogP) is -2.56. The summed E-state index contributed by atoms with van der Waals surface area (Å²) in [6, 6.07) is 0. The molecule has 1 aromatic carbocycles. The highest BCUT2D eigenvalue weighted by atomic mass is 127. The number of halogens is 3. The lowest BCUT2D eigenvalue weighted by atomic mass is 10.1. The van der Waals surface area contributed by atoms with Crippen LogP contribution in [0.5, 0.6) is 0 Å². The quantitative estimate of drug-likeness (QED) is 0.121. The number of anilines is 1. The van der Waals surface area contributed by atoms with E-state index in [9.17, 15) is 34.2 Å². The highest BCUT2D eigenvalue weighted by molar-refractivity contribution is 14.1. The summed E-state index contributed by atoms with van der Waals surface area (Å²) in [5.41, 5.74) is 14.0. The number of amides is 3. The third-order valence-electron chi connectivity index (χ3n) is 3.20. The van der Waals surface area contributed by atoms with Gasteiger partial charge < -0.3 is 53.2 Å². The second-order valence-electron chi connectivity index (χ2n) is 5.63. The lowest BCUT2D eigenvalue weighted by Crippen LogP contribution is -2.30. The van der Waals surface area contributed by atoms with Crippen LogP contribution in [0.15, 0.2) is 0 Å². The molecule has 1 rings (SSSR count). The van der Waals surface area contributed by atoms with E-state index < -0.39 is 55.1 Å². The first kappa shape index (κ1) is 34.7. The van der Waals surface area contributed by atoms with Crippen LogP contribution in [0, 0.1) is 10.7 Å². The Kier molecular flexibility index (Phi) is 17.4. The lowest BCUT2D eigenvalue weighted by Gasteiger charge is -2.16. The molecular weight excluding hydrogens is 805 g/mol. The van der Waals surface area contributed by atoms with Gasteiger partial charge in [0.25, 0.3) is 0 Å². The molecule has 0 bridgehead atoms. The molecule has 15 nitrogen and oxygen atoms in total. The first-order chi connectivity index (χ1) is 15.6. The largest absolute Gasteiger partial charge is 0.478 e. The summed E-state index contributed by atoms with van der Waals surface area (Å²) in [7, 11) is 0. The normalized spacial score (nSPS) is 11.5. The van der Waals surface area contributed by atoms with Gasteiger partial charge >= 0.3 is 11.9 Å². The van der Waals surface area contributed by atoms with E-state index >= 15 is 0 Å². The third-order valence-corrected chi connectivity index (χ3v) is 6.43. The molecule has 18 heteroatoms. The zero-order valence-corrected chi connectivity index (χ0v) is 23.3. The maximum Gasteiger partial charge on any atom is 0.337 e. The smallest absolute Gasteiger partial charge is 0.337 e. The fourth-order valence-electron chi connectivity index (χ4n) is 1.52. The molecule has 13 N–H and O–H groups in total. The summed E-state index contributed by atoms with van der Waals surface area (Å²) in [5, 5.41) is 53.2. The van der Waals surface area contributed by atoms with Gasteiger partial charge in [-0.1, -0.05) is 0 Å². The summed E-state index contributed by atoms with van der Waals surface area (Å²) in [5.74, 6) is -4.86. The van der Waals surface area contributed by atoms with Gasteiger partial charge in [-0.3, -0.25) is 14.4 Å². The fraction of sp³-hybridized carbons (Fsp3) is 0.312. The van der Waals surface area contributed by atoms with Gasteiger partial charge in [-0.15, -0.1) is 0 Å². The van der Waals surface area contributed by atoms with Crippen LogP contribution in [0.4, 0.5) is 5.69 Å². The number of carbonyl (C=O) groups excluding carboxylic acids is 3. The van der Waals surface area contributed by atoms with Gasteiger partial charge in [0.15, 0.2) is 12.2 Å². The molecule has 34 heavy (non-hydrogen) atoms. The molecule has 0 fully saturated rings. The Labute approximate surface area is 232 Å². The molecule has 0 heterocycles. The Balaban J connectivity index is 0. The summed E-state index contributed by atoms with van der Waals surface area (Å²) in [4.78, 5) is 53.5. The zero-order chi connectivity index (χ0) is 27.3. The van der Waals surface area contributed by atoms with Crippen molar-refractivity contribution in [1.29, 1.82) is 0 Å². The minimum atomic E-state index is -1.40. The van der Waals surface area contributed by atoms with E-state index in [1.54, 1.807) is 67.8 Å². The molecule has 0 aliphatic rings. The third kappa shape index (κ3) is 11.3. The lowest BCUT2D eigenvalue weighted by molar-refractivity contribution is -0.128. The van der Waals surface area contributed by atoms with Crippen LogP contribution >= 0.6 is 67.8 Å². The number of carbonyl (C=O) groups is 5. The Bertz CT molecular complexity index is 869. The summed E-state index contributed by atoms with van der Waals surface area (Å²) in [6.07, 6.45) is -2.81. The summed E-state index contributed by atoms with van der Waals surface area (Å²) >= 11 is 5.19. The zero-order valence-electron chi connectivity index (χ0n) is 16.9. The van der Waals surface area contributed by atoms with Gasteiger partial charge in [0.05, 0.1) is 43.7 Å². The molecule has 0 saturated heterocycles. The monoisotopic (exact) mass is 826 g/mol. The molecule has 0 spiro atoms. The van der Waals surface area contributed by atoms with Crippen LogP contribution in [-0.2, 0) is 14.4 Å². The number of hydrogen-bond acceptors (Lipinski definition) is 10. The van der Waals surface area contributed by atoms with E-state index in [0.29, 0.717) is 0 Å². The van der Waals surface area contributed by atoms with Crippen LogP contribution < -0.4 is 22.5 Å². The number of aliphatic hydroxyl groups excluding tert-OH is 4. The SMILES string of the molecule is NC(=O)C(O)CO.NC(=O)C(O)CO.NCC(=O)Nc1c(I)c(C(=O)O)c(I)c(C(=O)O)c1I. The van der Waals surface area contributed by atoms with Crippen molar-refractivity contribution in [3.8, 4) is 0 Å². The number of nitrogens with two attached hydrogens (primary N) is 3. The van der Waals surface area contributed by atoms with E-state index in [1.165, 1.54) is 0 Å². The Morgan fingerprint density at radius 2 is 1.09 bits per heavy atom. The number of carboxylic acids is 2. The van der Waals surface area contributed by atoms with Gasteiger partial charge in [-0.25, -0.2) is 9.59 Å². The van der Waals surface area contributed by atoms with Crippen LogP contribution in [0.1, 0.15) is 20.7 Å². The standard InChI is InChI=1S/C10H7I3N2O5.2C3H7NO3/c11-5-3(9(17)18)6(12)8(15-2(16)1-14)7(13)4(5)10(19)20;2*4-3(7)2(6)1-5/h1,14H2,(H,15,16)(H,17,18)(H,19,20);2*2,5-6H,1H2,(H2,4,7). The van der Waals surface area contributed by atoms with Crippen molar-refractivity contribution in [1.82, 2.24) is 0 Å². The number of rotatable bonds is 8. The second kappa shape index (κ2) is 17.1. The summed E-state index contributed by atoms with van der Waals surface area (Å²) < 4.78 is 0.633. The van der Waals surface area contributed by atoms with Gasteiger partial charge in [-0.05, 0) is 67.8 Å². The molecule has 192 valence electrons. The molecule has 0 radical (unpaired) electrons. The number of carboxylic acid groups (broad SMARTS) is 2. The topological polar surface area (TPSA) is 297 Å². The first-order valence-corrected chi connectivity index (χ1v) is 11.7. The van der Waals surface area contributed by atoms with E-state index in [1.807, 2.05) is 0 Å². The van der Waals surface area contributed by atoms with E-state index in [2.05, 4.69) is 16.8 Å². The van der Waals surface area contributed by atoms with Crippen LogP contribution in [0.25, 0.3) is 0 Å². The minimum Gasteiger partial charge on any atom is -0.478 e. The van der Waals surface area contributed by atoms with Crippen molar-refractivity contribution >= 4 is 103 Å². The van der Waals surface area contributed by atoms with Crippen molar-refractivity contribution in [2.75, 3.05) is 25.1 Å². The van der Waals surface area contributed by atoms with E-state index in [-0.39, 0.29) is 34.1 Å². The molecule has 0 aromatic heterocycles. The molecule has 0 aliphatic heterocycles. The number of hydrogen-bond donors (Lipinski definition) is 10. The van der Waals surface area contributed by atoms with E-state index in [4.69, 9.17) is 26.2 Å². The average Bonchev–Trinajstić information content (AvgIpc) is 2.75. The van der Waals surface area contributed by atoms with E-state index in [0.717, 1.165) is 0 Å². The maximum atomic E-state index is 11.4. The number of aromatic carboxylic acids is 2. The number of primary amides is 2. The first-order valence-electron chi connectivity index (χ1n) is 8.42. The molecule has 3 amide bonds. The average molecular weight is 826 g/mol. The Morgan fingerprint density at radius 3 is 1.26 bits per heavy atom. The van der Waals surface area contributed by atoms with Gasteiger partial charge in [0.1, 0.15) is 0 Å². The second-order valence-corrected chi connectivity index (χ2v) is 8.87. The van der Waals surface area contributed by atoms with Crippen LogP contribution in [-0.4, -0.2) is 92.3 Å². The molecule has 0 aliphatic carbocycles. The highest BCUT2D eigenvalue weighted by Crippen LogP contribution is 2.35. The van der Waals surface area contributed by atoms with Gasteiger partial charge in [-0.2, -0.15) is 0 Å². The summed E-state index contributed by atoms with van der Waals surface area (Å²) in [6.45, 7) is -1.49. The fourth-order valence-corrected chi connectivity index (χ4v) is 5.88. The number of benzene rings is 1. The minimum absolute atomic E-state index is 0.113. The predicted molar refractivity (Wildman–Crippen MR) is 141 cm³/mol. The molecule has 2 unspecified atom stereocenters. The van der Waals surface area contributed by atoms with Gasteiger partial charge in [0.2, 0.25) is 17.7 Å². The highest BCUT2D eigenvalue weighted by Gasteiger charge is 2.28. The molecular formula is C16H21I3N4O11. The Morgan fingerprint density at radius 1 is 0.765 bits per heavy atom. The van der Waals surface area contributed by atoms with Crippen molar-refractivity contribution < 1.29 is 54.6 Å². The number of aliphatic hydroxyl groups is 4. The van der Waals surface area contributed by atoms with Crippen molar-refractivity contribution in [2.24, 2.45) is 17.2 Å². The molecule has 2 atom stereocenters. The van der Waals surface area contributed by atoms with Crippen LogP contribution in [0.3, 0.4) is 0 Å². The van der Waals surface area contributed by atoms with Gasteiger partial charge in [0, 0.05) is 3.57 Å². The van der Waals surface area contributed by atoms with Crippen molar-refractivity contribution in [3.05, 3.63) is 21.8 Å². The Hall–Kier alpha value is -1.44. The molecule has 0 saturated carbocycles. The maximum absolute atomic E-state index is 11.4. The van der Waals surface area contributed by atoms with Crippen molar-refractivity contribution in [3.63, 3.8) is 0 Å². The molecule has 1 aromatic rings. The van der Waals surface area contributed by atoms with Crippen LogP contribution in [0.2, 0.25) is 0 Å². The van der Waals surface area contributed by atoms with Crippen molar-refractivity contribution in [2.45, 2.75) is 12.2 Å².